The van der Waals surface area contributed by atoms with Crippen molar-refractivity contribution in [3.8, 4) is 0 Å². The van der Waals surface area contributed by atoms with Gasteiger partial charge in [-0.2, -0.15) is 0 Å². The van der Waals surface area contributed by atoms with Gasteiger partial charge in [-0.3, -0.25) is 9.69 Å². The molecular weight excluding hydrogens is 817 g/mol. The SMILES string of the molecule is CC[C@H]1OC(=O)[C@H](C)[C@@H](O[C@H]2C[C@@](C)(OC)[C@@H](O)[C@H](C)O2)[C@H](C)[C@@H](O[C@@H]2O[C@H](C)C[C@H](N(C)C)[C@H]2O)[C@](C)(O)C[C@@H](C)CN(CCNC(=O)Nc2ccccc2)[C@H](C)[C@@H](O)[C@]1(C)O. The van der Waals surface area contributed by atoms with Crippen LogP contribution >= 0.6 is 0 Å². The Balaban J connectivity index is 1.78. The number of urea groups is 1. The van der Waals surface area contributed by atoms with E-state index in [2.05, 4.69) is 10.6 Å². The first kappa shape index (κ1) is 53.1. The number of anilines is 1. The highest BCUT2D eigenvalue weighted by molar-refractivity contribution is 5.89. The fraction of sp³-hybridized carbons (Fsp3) is 0.826. The molecule has 0 aliphatic carbocycles. The van der Waals surface area contributed by atoms with Gasteiger partial charge < -0.3 is 69.5 Å². The molecule has 17 nitrogen and oxygen atoms in total. The van der Waals surface area contributed by atoms with Crippen LogP contribution in [0.25, 0.3) is 0 Å². The molecule has 1 aromatic rings. The Kier molecular flexibility index (Phi) is 18.8. The summed E-state index contributed by atoms with van der Waals surface area (Å²) in [5.41, 5.74) is -4.04. The summed E-state index contributed by atoms with van der Waals surface area (Å²) in [7, 11) is 5.24. The average molecular weight is 897 g/mol. The van der Waals surface area contributed by atoms with Crippen LogP contribution in [0.2, 0.25) is 0 Å². The number of rotatable bonds is 11. The number of hydrogen-bond donors (Lipinski definition) is 7. The molecule has 4 rings (SSSR count). The molecule has 18 atom stereocenters. The molecule has 362 valence electrons. The molecule has 3 aliphatic rings. The van der Waals surface area contributed by atoms with Crippen molar-refractivity contribution >= 4 is 17.7 Å². The summed E-state index contributed by atoms with van der Waals surface area (Å²) < 4.78 is 37.9. The molecule has 63 heavy (non-hydrogen) atoms. The zero-order valence-corrected chi connectivity index (χ0v) is 39.9. The van der Waals surface area contributed by atoms with Gasteiger partial charge in [0.1, 0.15) is 30.0 Å². The molecule has 0 saturated carbocycles. The number of likely N-dealkylation sites (N-methyl/N-ethyl adjacent to an activating group) is 1. The number of para-hydroxylation sites is 1. The smallest absolute Gasteiger partial charge is 0.319 e. The van der Waals surface area contributed by atoms with Crippen molar-refractivity contribution in [3.05, 3.63) is 30.3 Å². The van der Waals surface area contributed by atoms with Crippen LogP contribution in [0.4, 0.5) is 10.5 Å². The maximum Gasteiger partial charge on any atom is 0.319 e. The number of aliphatic hydroxyl groups excluding tert-OH is 3. The van der Waals surface area contributed by atoms with Gasteiger partial charge in [0, 0.05) is 56.9 Å². The largest absolute Gasteiger partial charge is 0.459 e. The van der Waals surface area contributed by atoms with Crippen molar-refractivity contribution < 1.29 is 63.5 Å². The second kappa shape index (κ2) is 22.3. The Morgan fingerprint density at radius 3 is 2.21 bits per heavy atom. The Hall–Kier alpha value is -2.52. The van der Waals surface area contributed by atoms with Gasteiger partial charge in [0.2, 0.25) is 0 Å². The van der Waals surface area contributed by atoms with Gasteiger partial charge in [0.05, 0.1) is 41.5 Å². The quantitative estimate of drug-likeness (QED) is 0.159. The van der Waals surface area contributed by atoms with Crippen molar-refractivity contribution in [3.63, 3.8) is 0 Å². The standard InChI is InChI=1S/C46H80N4O13/c1-14-34-46(10,57)38(52)30(6)50(21-20-47-43(55)48-32-18-16-15-17-19-32)25-26(2)23-44(8,56)40(63-42-36(51)33(49(11)12)22-27(3)59-42)28(4)37(29(5)41(54)61-34)62-35-24-45(9,58-13)39(53)31(7)60-35/h15-19,26-31,33-40,42,51-53,56-57H,14,20-25H2,1-13H3,(H2,47,48,55)/t26-,27-,28+,29-,30-,31+,33+,34-,35+,36-,37+,38-,39+,40-,42+,44-,45-,46-/m1/s1. The second-order valence-electron chi connectivity index (χ2n) is 19.5. The number of carbonyl (C=O) groups is 2. The number of methoxy groups -OCH3 is 1. The molecule has 7 N–H and O–H groups in total. The lowest BCUT2D eigenvalue weighted by Gasteiger charge is -2.48. The van der Waals surface area contributed by atoms with Gasteiger partial charge in [-0.05, 0) is 99.9 Å². The molecule has 0 aromatic heterocycles. The van der Waals surface area contributed by atoms with Crippen LogP contribution in [-0.2, 0) is 33.2 Å². The number of ether oxygens (including phenoxy) is 6. The highest BCUT2D eigenvalue weighted by Gasteiger charge is 2.53. The van der Waals surface area contributed by atoms with Crippen molar-refractivity contribution in [2.45, 2.75) is 185 Å². The number of esters is 1. The summed E-state index contributed by atoms with van der Waals surface area (Å²) in [4.78, 5) is 31.2. The van der Waals surface area contributed by atoms with Gasteiger partial charge in [-0.15, -0.1) is 0 Å². The third-order valence-electron chi connectivity index (χ3n) is 13.8. The first-order valence-corrected chi connectivity index (χ1v) is 22.7. The van der Waals surface area contributed by atoms with E-state index in [1.807, 2.05) is 55.9 Å². The van der Waals surface area contributed by atoms with Gasteiger partial charge in [-0.25, -0.2) is 4.79 Å². The zero-order chi connectivity index (χ0) is 47.2. The number of nitrogens with one attached hydrogen (secondary N) is 2. The van der Waals surface area contributed by atoms with E-state index in [9.17, 15) is 35.1 Å². The van der Waals surface area contributed by atoms with E-state index in [1.165, 1.54) is 14.0 Å². The minimum absolute atomic E-state index is 0.0976. The van der Waals surface area contributed by atoms with Gasteiger partial charge in [-0.1, -0.05) is 39.0 Å². The second-order valence-corrected chi connectivity index (χ2v) is 19.5. The average Bonchev–Trinajstić information content (AvgIpc) is 3.21. The van der Waals surface area contributed by atoms with Crippen LogP contribution in [0.1, 0.15) is 94.9 Å². The molecule has 3 fully saturated rings. The lowest BCUT2D eigenvalue weighted by atomic mass is 9.77. The van der Waals surface area contributed by atoms with E-state index >= 15 is 0 Å². The molecule has 2 amide bonds. The van der Waals surface area contributed by atoms with E-state index < -0.39 is 102 Å². The van der Waals surface area contributed by atoms with E-state index in [4.69, 9.17) is 28.4 Å². The minimum Gasteiger partial charge on any atom is -0.459 e. The molecule has 1 aromatic carbocycles. The van der Waals surface area contributed by atoms with Crippen molar-refractivity contribution in [1.29, 1.82) is 0 Å². The van der Waals surface area contributed by atoms with Crippen LogP contribution in [-0.4, -0.2) is 178 Å². The summed E-state index contributed by atoms with van der Waals surface area (Å²) in [5, 5.41) is 65.3. The molecule has 3 heterocycles. The maximum absolute atomic E-state index is 14.5. The maximum atomic E-state index is 14.5. The van der Waals surface area contributed by atoms with E-state index in [1.54, 1.807) is 60.6 Å². The lowest BCUT2D eigenvalue weighted by Crippen LogP contribution is -2.60. The molecule has 0 spiro atoms. The molecule has 17 heteroatoms. The number of aliphatic hydroxyl groups is 5. The summed E-state index contributed by atoms with van der Waals surface area (Å²) in [6.45, 7) is 18.1. The number of amides is 2. The molecular formula is C46H80N4O13. The van der Waals surface area contributed by atoms with Crippen LogP contribution in [0.5, 0.6) is 0 Å². The van der Waals surface area contributed by atoms with Crippen LogP contribution in [0.15, 0.2) is 30.3 Å². The fourth-order valence-electron chi connectivity index (χ4n) is 9.91. The van der Waals surface area contributed by atoms with E-state index in [-0.39, 0.29) is 50.4 Å². The Labute approximate surface area is 375 Å². The van der Waals surface area contributed by atoms with Gasteiger partial charge in [0.25, 0.3) is 0 Å². The topological polar surface area (TPSA) is 221 Å². The number of benzene rings is 1. The summed E-state index contributed by atoms with van der Waals surface area (Å²) in [6, 6.07) is 7.56. The Morgan fingerprint density at radius 1 is 0.952 bits per heavy atom. The first-order chi connectivity index (χ1) is 29.4. The number of hydrogen-bond acceptors (Lipinski definition) is 15. The lowest BCUT2D eigenvalue weighted by molar-refractivity contribution is -0.318. The normalized spacial score (nSPS) is 42.8. The highest BCUT2D eigenvalue weighted by atomic mass is 16.7. The summed E-state index contributed by atoms with van der Waals surface area (Å²) in [5.74, 6) is -2.92. The Morgan fingerprint density at radius 2 is 1.60 bits per heavy atom. The first-order valence-electron chi connectivity index (χ1n) is 22.7. The minimum atomic E-state index is -1.94. The van der Waals surface area contributed by atoms with Crippen LogP contribution in [0, 0.1) is 17.8 Å². The predicted octanol–water partition coefficient (Wildman–Crippen LogP) is 3.09. The van der Waals surface area contributed by atoms with Crippen molar-refractivity contribution in [2.75, 3.05) is 46.2 Å². The number of cyclic esters (lactones) is 1. The number of nitrogens with zero attached hydrogens (tertiary/aromatic N) is 2. The van der Waals surface area contributed by atoms with E-state index in [0.717, 1.165) is 0 Å². The van der Waals surface area contributed by atoms with Gasteiger partial charge >= 0.3 is 12.0 Å². The number of carbonyl (C=O) groups excluding carboxylic acids is 2. The van der Waals surface area contributed by atoms with Crippen LogP contribution < -0.4 is 10.6 Å². The van der Waals surface area contributed by atoms with E-state index in [0.29, 0.717) is 18.7 Å². The molecule has 0 radical (unpaired) electrons. The summed E-state index contributed by atoms with van der Waals surface area (Å²) >= 11 is 0. The fourth-order valence-corrected chi connectivity index (χ4v) is 9.91. The summed E-state index contributed by atoms with van der Waals surface area (Å²) in [6.07, 6.45) is -9.13. The van der Waals surface area contributed by atoms with Crippen molar-refractivity contribution in [1.82, 2.24) is 15.1 Å². The third kappa shape index (κ3) is 13.1. The van der Waals surface area contributed by atoms with Crippen molar-refractivity contribution in [2.24, 2.45) is 17.8 Å². The third-order valence-corrected chi connectivity index (χ3v) is 13.8. The molecule has 3 saturated heterocycles. The zero-order valence-electron chi connectivity index (χ0n) is 39.9. The predicted molar refractivity (Wildman–Crippen MR) is 237 cm³/mol. The molecule has 3 aliphatic heterocycles. The molecule has 0 unspecified atom stereocenters. The molecule has 0 bridgehead atoms. The van der Waals surface area contributed by atoms with Crippen LogP contribution in [0.3, 0.4) is 0 Å². The Bertz CT molecular complexity index is 1590. The van der Waals surface area contributed by atoms with Gasteiger partial charge in [0.15, 0.2) is 12.6 Å². The monoisotopic (exact) mass is 897 g/mol. The highest BCUT2D eigenvalue weighted by Crippen LogP contribution is 2.40.